The zero-order chi connectivity index (χ0) is 21.4. The summed E-state index contributed by atoms with van der Waals surface area (Å²) < 4.78 is 16.5. The summed E-state index contributed by atoms with van der Waals surface area (Å²) in [6, 6.07) is 3.86. The van der Waals surface area contributed by atoms with Crippen LogP contribution < -0.4 is 24.8 Å². The molecule has 0 bridgehead atoms. The van der Waals surface area contributed by atoms with Crippen molar-refractivity contribution in [1.82, 2.24) is 15.5 Å². The van der Waals surface area contributed by atoms with Gasteiger partial charge in [-0.25, -0.2) is 0 Å². The second-order valence-electron chi connectivity index (χ2n) is 7.06. The zero-order valence-electron chi connectivity index (χ0n) is 18.0. The number of hydrogen-bond donors (Lipinski definition) is 2. The van der Waals surface area contributed by atoms with Gasteiger partial charge in [-0.3, -0.25) is 4.79 Å². The molecule has 0 spiro atoms. The molecule has 0 aromatic heterocycles. The van der Waals surface area contributed by atoms with Crippen molar-refractivity contribution >= 4 is 23.2 Å². The van der Waals surface area contributed by atoms with Crippen LogP contribution in [0.1, 0.15) is 38.2 Å². The highest BCUT2D eigenvalue weighted by Gasteiger charge is 2.40. The number of ether oxygens (including phenoxy) is 3. The molecule has 1 fully saturated rings. The minimum Gasteiger partial charge on any atom is -0.493 e. The summed E-state index contributed by atoms with van der Waals surface area (Å²) in [4.78, 5) is 15.0. The number of benzene rings is 1. The highest BCUT2D eigenvalue weighted by Crippen LogP contribution is 2.43. The van der Waals surface area contributed by atoms with Crippen molar-refractivity contribution in [2.45, 2.75) is 32.6 Å². The van der Waals surface area contributed by atoms with Crippen molar-refractivity contribution in [3.63, 3.8) is 0 Å². The largest absolute Gasteiger partial charge is 0.493 e. The van der Waals surface area contributed by atoms with E-state index in [0.29, 0.717) is 42.0 Å². The van der Waals surface area contributed by atoms with Crippen molar-refractivity contribution in [3.05, 3.63) is 17.7 Å². The Morgan fingerprint density at radius 1 is 1.10 bits per heavy atom. The molecule has 7 nitrogen and oxygen atoms in total. The van der Waals surface area contributed by atoms with Crippen molar-refractivity contribution in [1.29, 1.82) is 0 Å². The van der Waals surface area contributed by atoms with Crippen LogP contribution in [0.25, 0.3) is 0 Å². The molecule has 0 unspecified atom stereocenters. The number of methoxy groups -OCH3 is 3. The number of amides is 1. The fraction of sp³-hybridized carbons (Fsp3) is 0.619. The van der Waals surface area contributed by atoms with Gasteiger partial charge in [-0.1, -0.05) is 13.3 Å². The molecule has 29 heavy (non-hydrogen) atoms. The minimum absolute atomic E-state index is 0.0399. The summed E-state index contributed by atoms with van der Waals surface area (Å²) in [5.74, 6) is 1.51. The summed E-state index contributed by atoms with van der Waals surface area (Å²) in [6.45, 7) is 6.77. The van der Waals surface area contributed by atoms with E-state index in [-0.39, 0.29) is 17.7 Å². The molecule has 2 atom stereocenters. The Kier molecular flexibility index (Phi) is 8.82. The molecular formula is C21H33N3O4S. The molecule has 1 saturated heterocycles. The molecule has 1 aromatic carbocycles. The van der Waals surface area contributed by atoms with Gasteiger partial charge in [-0.2, -0.15) is 0 Å². The average molecular weight is 424 g/mol. The molecule has 1 amide bonds. The monoisotopic (exact) mass is 423 g/mol. The van der Waals surface area contributed by atoms with Crippen LogP contribution in [0.3, 0.4) is 0 Å². The molecule has 0 saturated carbocycles. The second-order valence-corrected chi connectivity index (χ2v) is 7.44. The Bertz CT molecular complexity index is 688. The Morgan fingerprint density at radius 2 is 1.76 bits per heavy atom. The maximum atomic E-state index is 13.0. The third-order valence-electron chi connectivity index (χ3n) is 5.22. The number of nitrogens with one attached hydrogen (secondary N) is 2. The lowest BCUT2D eigenvalue weighted by molar-refractivity contribution is -0.124. The van der Waals surface area contributed by atoms with Crippen LogP contribution in [0.4, 0.5) is 0 Å². The summed E-state index contributed by atoms with van der Waals surface area (Å²) in [7, 11) is 4.77. The quantitative estimate of drug-likeness (QED) is 0.467. The minimum atomic E-state index is -0.216. The number of hydrogen-bond acceptors (Lipinski definition) is 5. The van der Waals surface area contributed by atoms with Gasteiger partial charge in [0.15, 0.2) is 16.6 Å². The smallest absolute Gasteiger partial charge is 0.225 e. The number of likely N-dealkylation sites (tertiary alicyclic amines) is 1. The normalized spacial score (nSPS) is 18.3. The molecule has 1 aromatic rings. The van der Waals surface area contributed by atoms with Crippen LogP contribution in [-0.4, -0.2) is 63.4 Å². The molecule has 0 aliphatic carbocycles. The van der Waals surface area contributed by atoms with E-state index < -0.39 is 0 Å². The molecule has 0 radical (unpaired) electrons. The van der Waals surface area contributed by atoms with Gasteiger partial charge < -0.3 is 29.7 Å². The maximum Gasteiger partial charge on any atom is 0.225 e. The molecule has 2 rings (SSSR count). The number of thiocarbonyl (C=S) groups is 1. The SMILES string of the molecule is CCCCNC(=O)[C@H]1CN(C(=S)NCC)C[C@H]1c1cc(OC)c(OC)c(OC)c1. The van der Waals surface area contributed by atoms with Crippen LogP contribution >= 0.6 is 12.2 Å². The van der Waals surface area contributed by atoms with Gasteiger partial charge in [0.2, 0.25) is 11.7 Å². The predicted octanol–water partition coefficient (Wildman–Crippen LogP) is 2.54. The molecule has 1 heterocycles. The molecule has 1 aliphatic rings. The third-order valence-corrected chi connectivity index (χ3v) is 5.62. The molecule has 2 N–H and O–H groups in total. The predicted molar refractivity (Wildman–Crippen MR) is 118 cm³/mol. The standard InChI is InChI=1S/C21H33N3O4S/c1-6-8-9-23-20(25)16-13-24(21(29)22-7-2)12-15(16)14-10-17(26-3)19(28-5)18(11-14)27-4/h10-11,15-16H,6-9,12-13H2,1-5H3,(H,22,29)(H,23,25)/t15-,16-/m0/s1. The summed E-state index contributed by atoms with van der Waals surface area (Å²) in [6.07, 6.45) is 2.00. The van der Waals surface area contributed by atoms with Crippen molar-refractivity contribution in [3.8, 4) is 17.2 Å². The van der Waals surface area contributed by atoms with Crippen LogP contribution in [0.2, 0.25) is 0 Å². The van der Waals surface area contributed by atoms with Crippen LogP contribution in [-0.2, 0) is 4.79 Å². The first-order valence-electron chi connectivity index (χ1n) is 10.1. The Balaban J connectivity index is 2.36. The Morgan fingerprint density at radius 3 is 2.28 bits per heavy atom. The number of nitrogens with zero attached hydrogens (tertiary/aromatic N) is 1. The first-order chi connectivity index (χ1) is 14.0. The third kappa shape index (κ3) is 5.44. The highest BCUT2D eigenvalue weighted by atomic mass is 32.1. The van der Waals surface area contributed by atoms with Crippen LogP contribution in [0.5, 0.6) is 17.2 Å². The first kappa shape index (κ1) is 23.1. The lowest BCUT2D eigenvalue weighted by atomic mass is 9.88. The van der Waals surface area contributed by atoms with Gasteiger partial charge in [-0.05, 0) is 43.3 Å². The Labute approximate surface area is 179 Å². The lowest BCUT2D eigenvalue weighted by Gasteiger charge is -2.21. The number of carbonyl (C=O) groups excluding carboxylic acids is 1. The van der Waals surface area contributed by atoms with E-state index in [1.807, 2.05) is 19.1 Å². The van der Waals surface area contributed by atoms with E-state index in [1.165, 1.54) is 0 Å². The number of rotatable bonds is 9. The van der Waals surface area contributed by atoms with Crippen molar-refractivity contribution in [2.75, 3.05) is 47.5 Å². The molecule has 1 aliphatic heterocycles. The highest BCUT2D eigenvalue weighted by molar-refractivity contribution is 7.80. The van der Waals surface area contributed by atoms with E-state index >= 15 is 0 Å². The fourth-order valence-electron chi connectivity index (χ4n) is 3.67. The fourth-order valence-corrected chi connectivity index (χ4v) is 3.96. The van der Waals surface area contributed by atoms with Crippen LogP contribution in [0, 0.1) is 5.92 Å². The van der Waals surface area contributed by atoms with E-state index in [0.717, 1.165) is 24.9 Å². The number of unbranched alkanes of at least 4 members (excludes halogenated alkanes) is 1. The summed E-state index contributed by atoms with van der Waals surface area (Å²) in [5.41, 5.74) is 0.969. The van der Waals surface area contributed by atoms with Gasteiger partial charge in [0, 0.05) is 32.1 Å². The first-order valence-corrected chi connectivity index (χ1v) is 10.5. The maximum absolute atomic E-state index is 13.0. The summed E-state index contributed by atoms with van der Waals surface area (Å²) in [5, 5.41) is 6.95. The second kappa shape index (κ2) is 11.1. The van der Waals surface area contributed by atoms with E-state index in [1.54, 1.807) is 21.3 Å². The lowest BCUT2D eigenvalue weighted by Crippen LogP contribution is -2.39. The average Bonchev–Trinajstić information content (AvgIpc) is 3.18. The van der Waals surface area contributed by atoms with Gasteiger partial charge in [-0.15, -0.1) is 0 Å². The van der Waals surface area contributed by atoms with E-state index in [9.17, 15) is 4.79 Å². The topological polar surface area (TPSA) is 72.1 Å². The zero-order valence-corrected chi connectivity index (χ0v) is 18.9. The van der Waals surface area contributed by atoms with Gasteiger partial charge >= 0.3 is 0 Å². The van der Waals surface area contributed by atoms with Gasteiger partial charge in [0.05, 0.1) is 27.2 Å². The van der Waals surface area contributed by atoms with Gasteiger partial charge in [0.25, 0.3) is 0 Å². The van der Waals surface area contributed by atoms with Gasteiger partial charge in [0.1, 0.15) is 0 Å². The van der Waals surface area contributed by atoms with E-state index in [2.05, 4.69) is 22.5 Å². The summed E-state index contributed by atoms with van der Waals surface area (Å²) >= 11 is 5.51. The molecular weight excluding hydrogens is 390 g/mol. The Hall–Kier alpha value is -2.22. The van der Waals surface area contributed by atoms with Crippen LogP contribution in [0.15, 0.2) is 12.1 Å². The molecule has 8 heteroatoms. The van der Waals surface area contributed by atoms with Crippen molar-refractivity contribution in [2.24, 2.45) is 5.92 Å². The van der Waals surface area contributed by atoms with E-state index in [4.69, 9.17) is 26.4 Å². The number of carbonyl (C=O) groups is 1. The molecule has 162 valence electrons. The van der Waals surface area contributed by atoms with Crippen molar-refractivity contribution < 1.29 is 19.0 Å².